The summed E-state index contributed by atoms with van der Waals surface area (Å²) in [6.07, 6.45) is 13.4. The molecule has 0 saturated carbocycles. The van der Waals surface area contributed by atoms with E-state index in [0.717, 1.165) is 82.6 Å². The van der Waals surface area contributed by atoms with Crippen LogP contribution in [0.5, 0.6) is 0 Å². The highest BCUT2D eigenvalue weighted by molar-refractivity contribution is 6.54. The maximum Gasteiger partial charge on any atom is 0.259 e. The predicted octanol–water partition coefficient (Wildman–Crippen LogP) is 11.6. The van der Waals surface area contributed by atoms with Crippen molar-refractivity contribution < 1.29 is 9.59 Å². The first kappa shape index (κ1) is 32.6. The number of benzene rings is 4. The summed E-state index contributed by atoms with van der Waals surface area (Å²) >= 11 is 14.3. The molecule has 4 nitrogen and oxygen atoms in total. The highest BCUT2D eigenvalue weighted by atomic mass is 35.5. The first-order valence-corrected chi connectivity index (χ1v) is 18.0. The Kier molecular flexibility index (Phi) is 10.4. The van der Waals surface area contributed by atoms with Crippen molar-refractivity contribution in [3.05, 3.63) is 81.8 Å². The Morgan fingerprint density at radius 3 is 1.30 bits per heavy atom. The van der Waals surface area contributed by atoms with Gasteiger partial charge in [-0.25, -0.2) is 0 Å². The molecule has 0 fully saturated rings. The summed E-state index contributed by atoms with van der Waals surface area (Å²) < 4.78 is 0. The maximum absolute atomic E-state index is 14.6. The Hall–Kier alpha value is -3.34. The summed E-state index contributed by atoms with van der Waals surface area (Å²) in [6, 6.07) is 20.0. The number of rotatable bonds is 14. The van der Waals surface area contributed by atoms with E-state index in [9.17, 15) is 9.59 Å². The summed E-state index contributed by atoms with van der Waals surface area (Å²) in [5.41, 5.74) is 3.79. The first-order chi connectivity index (χ1) is 22.5. The van der Waals surface area contributed by atoms with Crippen LogP contribution < -0.4 is 9.80 Å². The van der Waals surface area contributed by atoms with Gasteiger partial charge in [0.05, 0.1) is 32.6 Å². The highest BCUT2D eigenvalue weighted by Gasteiger charge is 2.44. The molecular formula is C40H44Cl2N2O2. The molecule has 2 amide bonds. The number of carbonyl (C=O) groups is 2. The molecule has 2 heterocycles. The third kappa shape index (κ3) is 6.07. The van der Waals surface area contributed by atoms with Crippen molar-refractivity contribution in [2.75, 3.05) is 22.9 Å². The zero-order chi connectivity index (χ0) is 32.2. The number of amides is 2. The van der Waals surface area contributed by atoms with Crippen LogP contribution >= 0.6 is 23.2 Å². The molecule has 0 saturated heterocycles. The zero-order valence-corrected chi connectivity index (χ0v) is 28.7. The van der Waals surface area contributed by atoms with Gasteiger partial charge < -0.3 is 9.80 Å². The Morgan fingerprint density at radius 1 is 0.522 bits per heavy atom. The number of fused-ring (bicyclic) bond motifs is 4. The molecule has 2 aliphatic heterocycles. The lowest BCUT2D eigenvalue weighted by atomic mass is 9.93. The minimum atomic E-state index is -0.152. The molecule has 0 atom stereocenters. The van der Waals surface area contributed by atoms with Crippen molar-refractivity contribution in [1.82, 2.24) is 0 Å². The number of anilines is 2. The molecule has 0 N–H and O–H groups in total. The molecule has 2 aliphatic rings. The van der Waals surface area contributed by atoms with Gasteiger partial charge >= 0.3 is 0 Å². The van der Waals surface area contributed by atoms with E-state index in [-0.39, 0.29) is 11.8 Å². The molecule has 46 heavy (non-hydrogen) atoms. The van der Waals surface area contributed by atoms with Gasteiger partial charge in [-0.15, -0.1) is 0 Å². The van der Waals surface area contributed by atoms with Gasteiger partial charge in [0.1, 0.15) is 0 Å². The molecule has 6 heteroatoms. The summed E-state index contributed by atoms with van der Waals surface area (Å²) in [7, 11) is 0. The zero-order valence-electron chi connectivity index (χ0n) is 27.1. The van der Waals surface area contributed by atoms with E-state index in [4.69, 9.17) is 23.2 Å². The van der Waals surface area contributed by atoms with E-state index in [1.165, 1.54) is 38.5 Å². The Balaban J connectivity index is 1.47. The summed E-state index contributed by atoms with van der Waals surface area (Å²) in [5, 5.41) is 4.84. The molecular weight excluding hydrogens is 611 g/mol. The van der Waals surface area contributed by atoms with Gasteiger partial charge in [-0.1, -0.05) is 150 Å². The van der Waals surface area contributed by atoms with Crippen LogP contribution in [0.3, 0.4) is 0 Å². The maximum atomic E-state index is 14.6. The Morgan fingerprint density at radius 2 is 0.891 bits per heavy atom. The van der Waals surface area contributed by atoms with E-state index >= 15 is 0 Å². The van der Waals surface area contributed by atoms with Crippen LogP contribution in [-0.4, -0.2) is 24.9 Å². The fourth-order valence-electron chi connectivity index (χ4n) is 7.21. The topological polar surface area (TPSA) is 40.6 Å². The molecule has 0 spiro atoms. The minimum absolute atomic E-state index is 0.152. The molecule has 4 aromatic carbocycles. The Bertz CT molecular complexity index is 1680. The van der Waals surface area contributed by atoms with Gasteiger partial charge in [-0.3, -0.25) is 9.59 Å². The molecule has 0 aliphatic carbocycles. The number of hydrogen-bond donors (Lipinski definition) is 0. The Labute approximate surface area is 283 Å². The second kappa shape index (κ2) is 14.6. The van der Waals surface area contributed by atoms with E-state index in [0.29, 0.717) is 34.3 Å². The van der Waals surface area contributed by atoms with Crippen molar-refractivity contribution in [3.8, 4) is 0 Å². The van der Waals surface area contributed by atoms with Gasteiger partial charge in [-0.2, -0.15) is 0 Å². The fraction of sp³-hybridized carbons (Fsp3) is 0.400. The molecule has 0 unspecified atom stereocenters. The van der Waals surface area contributed by atoms with Gasteiger partial charge in [-0.05, 0) is 35.7 Å². The van der Waals surface area contributed by atoms with Crippen LogP contribution in [0.15, 0.2) is 60.7 Å². The van der Waals surface area contributed by atoms with Crippen molar-refractivity contribution in [1.29, 1.82) is 0 Å². The smallest absolute Gasteiger partial charge is 0.259 e. The molecule has 4 aromatic rings. The lowest BCUT2D eigenvalue weighted by Crippen LogP contribution is -2.30. The van der Waals surface area contributed by atoms with E-state index in [1.54, 1.807) is 0 Å². The monoisotopic (exact) mass is 654 g/mol. The number of halogens is 2. The average Bonchev–Trinajstić information content (AvgIpc) is 3.49. The average molecular weight is 656 g/mol. The van der Waals surface area contributed by atoms with Crippen LogP contribution in [0.1, 0.15) is 102 Å². The predicted molar refractivity (Wildman–Crippen MR) is 196 cm³/mol. The van der Waals surface area contributed by atoms with Crippen LogP contribution in [0.2, 0.25) is 10.0 Å². The third-order valence-electron chi connectivity index (χ3n) is 9.64. The van der Waals surface area contributed by atoms with Crippen LogP contribution in [0.25, 0.3) is 32.7 Å². The second-order valence-electron chi connectivity index (χ2n) is 12.8. The third-order valence-corrected chi connectivity index (χ3v) is 10.4. The van der Waals surface area contributed by atoms with E-state index < -0.39 is 0 Å². The number of carbonyl (C=O) groups excluding carboxylic acids is 2. The van der Waals surface area contributed by atoms with Crippen molar-refractivity contribution in [3.63, 3.8) is 0 Å². The van der Waals surface area contributed by atoms with Crippen molar-refractivity contribution in [2.24, 2.45) is 0 Å². The van der Waals surface area contributed by atoms with Crippen LogP contribution in [-0.2, 0) is 9.59 Å². The quantitative estimate of drug-likeness (QED) is 0.100. The van der Waals surface area contributed by atoms with Gasteiger partial charge in [0, 0.05) is 35.0 Å². The highest BCUT2D eigenvalue weighted by Crippen LogP contribution is 2.53. The fourth-order valence-corrected chi connectivity index (χ4v) is 7.96. The number of nitrogens with zero attached hydrogens (tertiary/aromatic N) is 2. The van der Waals surface area contributed by atoms with Crippen LogP contribution in [0.4, 0.5) is 11.4 Å². The summed E-state index contributed by atoms with van der Waals surface area (Å²) in [6.45, 7) is 5.56. The number of unbranched alkanes of at least 4 members (excludes halogenated alkanes) is 10. The molecule has 0 bridgehead atoms. The van der Waals surface area contributed by atoms with E-state index in [2.05, 4.69) is 13.8 Å². The molecule has 6 rings (SSSR count). The standard InChI is InChI=1S/C40H44Cl2N2O2/c1-3-5-7-9-11-17-23-43-37-31(25-27-19-13-15-21-29(27)35(37)41)33(39(43)45)34-32-26-28-20-14-16-22-30(28)36(42)38(32)44(40(34)46)24-18-12-10-8-6-4-2/h13-16,19-22,25-26H,3-12,17-18,23-24H2,1-2H3/b34-33+. The normalized spacial score (nSPS) is 15.9. The van der Waals surface area contributed by atoms with Crippen LogP contribution in [0, 0.1) is 0 Å². The summed E-state index contributed by atoms with van der Waals surface area (Å²) in [5.74, 6) is -0.304. The first-order valence-electron chi connectivity index (χ1n) is 17.3. The van der Waals surface area contributed by atoms with Crippen molar-refractivity contribution >= 4 is 79.1 Å². The molecule has 240 valence electrons. The SMILES string of the molecule is CCCCCCCCN1C(=O)/C(=C2/C(=O)N(CCCCCCCC)c3c2cc2ccccc2c3Cl)c2cc3ccccc3c(Cl)c21. The minimum Gasteiger partial charge on any atom is -0.306 e. The van der Waals surface area contributed by atoms with Gasteiger partial charge in [0.15, 0.2) is 0 Å². The van der Waals surface area contributed by atoms with Crippen molar-refractivity contribution in [2.45, 2.75) is 90.9 Å². The van der Waals surface area contributed by atoms with Gasteiger partial charge in [0.25, 0.3) is 11.8 Å². The molecule has 0 radical (unpaired) electrons. The largest absolute Gasteiger partial charge is 0.306 e. The lowest BCUT2D eigenvalue weighted by Gasteiger charge is -2.19. The second-order valence-corrected chi connectivity index (χ2v) is 13.6. The molecule has 0 aromatic heterocycles. The number of hydrogen-bond acceptors (Lipinski definition) is 2. The van der Waals surface area contributed by atoms with Gasteiger partial charge in [0.2, 0.25) is 0 Å². The van der Waals surface area contributed by atoms with E-state index in [1.807, 2.05) is 70.5 Å². The lowest BCUT2D eigenvalue weighted by molar-refractivity contribution is -0.114. The summed E-state index contributed by atoms with van der Waals surface area (Å²) in [4.78, 5) is 32.9.